The maximum Gasteiger partial charge on any atom is 0.341 e. The predicted octanol–water partition coefficient (Wildman–Crippen LogP) is 4.37. The summed E-state index contributed by atoms with van der Waals surface area (Å²) in [5.41, 5.74) is 0.958. The number of hydrogen-bond donors (Lipinski definition) is 2. The Morgan fingerprint density at radius 2 is 1.90 bits per heavy atom. The van der Waals surface area contributed by atoms with Crippen LogP contribution in [0.25, 0.3) is 0 Å². The zero-order valence-electron chi connectivity index (χ0n) is 18.2. The summed E-state index contributed by atoms with van der Waals surface area (Å²) in [7, 11) is 0. The lowest BCUT2D eigenvalue weighted by molar-refractivity contribution is -0.123. The number of anilines is 2. The smallest absolute Gasteiger partial charge is 0.341 e. The minimum atomic E-state index is -0.538. The normalized spacial score (nSPS) is 14.1. The lowest BCUT2D eigenvalue weighted by Crippen LogP contribution is -2.27. The molecule has 1 aliphatic rings. The van der Waals surface area contributed by atoms with E-state index in [-0.39, 0.29) is 24.4 Å². The van der Waals surface area contributed by atoms with E-state index in [2.05, 4.69) is 20.8 Å². The van der Waals surface area contributed by atoms with Crippen LogP contribution in [0, 0.1) is 5.41 Å². The summed E-state index contributed by atoms with van der Waals surface area (Å²) in [6, 6.07) is 0. The molecule has 2 aromatic rings. The van der Waals surface area contributed by atoms with Crippen molar-refractivity contribution in [3.8, 4) is 0 Å². The van der Waals surface area contributed by atoms with Gasteiger partial charge in [0.2, 0.25) is 16.9 Å². The van der Waals surface area contributed by atoms with Crippen molar-refractivity contribution in [3.05, 3.63) is 16.0 Å². The molecule has 168 valence electrons. The minimum Gasteiger partial charge on any atom is -0.462 e. The van der Waals surface area contributed by atoms with Crippen LogP contribution in [0.15, 0.2) is 4.34 Å². The van der Waals surface area contributed by atoms with Gasteiger partial charge in [0.05, 0.1) is 17.4 Å². The van der Waals surface area contributed by atoms with Gasteiger partial charge in [-0.05, 0) is 38.7 Å². The van der Waals surface area contributed by atoms with Gasteiger partial charge in [0.1, 0.15) is 5.00 Å². The van der Waals surface area contributed by atoms with Crippen LogP contribution >= 0.6 is 34.4 Å². The number of carbonyl (C=O) groups is 3. The van der Waals surface area contributed by atoms with Crippen molar-refractivity contribution >= 4 is 62.4 Å². The number of aromatic nitrogens is 2. The fraction of sp³-hybridized carbons (Fsp3) is 0.550. The molecule has 0 bridgehead atoms. The van der Waals surface area contributed by atoms with Crippen molar-refractivity contribution in [2.75, 3.05) is 17.2 Å². The summed E-state index contributed by atoms with van der Waals surface area (Å²) in [5.74, 6) is -0.768. The number of nitrogens with one attached hydrogen (secondary N) is 2. The van der Waals surface area contributed by atoms with Crippen molar-refractivity contribution in [1.29, 1.82) is 0 Å². The first kappa shape index (κ1) is 23.7. The Bertz CT molecular complexity index is 993. The summed E-state index contributed by atoms with van der Waals surface area (Å²) in [5, 5.41) is 14.2. The first-order valence-corrected chi connectivity index (χ1v) is 12.6. The number of thiophene rings is 1. The van der Waals surface area contributed by atoms with Gasteiger partial charge in [-0.1, -0.05) is 43.9 Å². The largest absolute Gasteiger partial charge is 0.462 e. The molecule has 31 heavy (non-hydrogen) atoms. The molecule has 8 nitrogen and oxygen atoms in total. The molecule has 3 rings (SSSR count). The van der Waals surface area contributed by atoms with Crippen molar-refractivity contribution < 1.29 is 19.1 Å². The van der Waals surface area contributed by atoms with Gasteiger partial charge >= 0.3 is 5.97 Å². The fourth-order valence-electron chi connectivity index (χ4n) is 2.92. The molecule has 0 fully saturated rings. The summed E-state index contributed by atoms with van der Waals surface area (Å²) in [6.07, 6.45) is 2.76. The van der Waals surface area contributed by atoms with E-state index in [1.165, 1.54) is 34.4 Å². The van der Waals surface area contributed by atoms with E-state index in [0.29, 0.717) is 20.0 Å². The number of fused-ring (bicyclic) bond motifs is 1. The zero-order valence-corrected chi connectivity index (χ0v) is 20.6. The molecule has 0 aromatic carbocycles. The Hall–Kier alpha value is -1.98. The maximum absolute atomic E-state index is 12.8. The van der Waals surface area contributed by atoms with Crippen LogP contribution in [-0.4, -0.2) is 39.8 Å². The second-order valence-corrected chi connectivity index (χ2v) is 11.8. The van der Waals surface area contributed by atoms with Gasteiger partial charge in [-0.15, -0.1) is 21.5 Å². The third-order valence-electron chi connectivity index (χ3n) is 4.59. The highest BCUT2D eigenvalue weighted by atomic mass is 32.2. The third-order valence-corrected chi connectivity index (χ3v) is 7.82. The number of aryl methyl sites for hydroxylation is 1. The second-order valence-electron chi connectivity index (χ2n) is 8.11. The molecule has 0 saturated carbocycles. The number of nitrogens with zero attached hydrogens (tertiary/aromatic N) is 2. The van der Waals surface area contributed by atoms with Gasteiger partial charge in [-0.2, -0.15) is 0 Å². The number of ether oxygens (including phenoxy) is 1. The third kappa shape index (κ3) is 5.64. The van der Waals surface area contributed by atoms with Crippen molar-refractivity contribution in [1.82, 2.24) is 10.2 Å². The molecule has 2 amide bonds. The monoisotopic (exact) mass is 482 g/mol. The second kappa shape index (κ2) is 9.66. The molecule has 0 saturated heterocycles. The van der Waals surface area contributed by atoms with Crippen LogP contribution in [-0.2, 0) is 27.2 Å². The van der Waals surface area contributed by atoms with Gasteiger partial charge in [-0.3, -0.25) is 9.59 Å². The van der Waals surface area contributed by atoms with E-state index in [9.17, 15) is 14.4 Å². The van der Waals surface area contributed by atoms with Gasteiger partial charge in [0, 0.05) is 10.3 Å². The summed E-state index contributed by atoms with van der Waals surface area (Å²) >= 11 is 3.93. The number of thioether (sulfide) groups is 1. The molecule has 2 N–H and O–H groups in total. The molecule has 0 unspecified atom stereocenters. The topological polar surface area (TPSA) is 110 Å². The fourth-order valence-corrected chi connectivity index (χ4v) is 6.09. The molecule has 1 atom stereocenters. The Morgan fingerprint density at radius 3 is 2.58 bits per heavy atom. The maximum atomic E-state index is 12.8. The highest BCUT2D eigenvalue weighted by Gasteiger charge is 2.29. The molecule has 1 aliphatic carbocycles. The Kier molecular flexibility index (Phi) is 7.38. The van der Waals surface area contributed by atoms with Crippen LogP contribution < -0.4 is 10.6 Å². The first-order chi connectivity index (χ1) is 14.6. The molecule has 0 aliphatic heterocycles. The van der Waals surface area contributed by atoms with E-state index >= 15 is 0 Å². The Labute approximate surface area is 193 Å². The zero-order chi connectivity index (χ0) is 22.8. The Balaban J connectivity index is 1.66. The van der Waals surface area contributed by atoms with Crippen molar-refractivity contribution in [3.63, 3.8) is 0 Å². The van der Waals surface area contributed by atoms with E-state index in [0.717, 1.165) is 29.7 Å². The van der Waals surface area contributed by atoms with Crippen LogP contribution in [0.1, 0.15) is 61.8 Å². The van der Waals surface area contributed by atoms with Crippen LogP contribution in [0.3, 0.4) is 0 Å². The summed E-state index contributed by atoms with van der Waals surface area (Å²) < 4.78 is 5.78. The minimum absolute atomic E-state index is 0.150. The van der Waals surface area contributed by atoms with Gasteiger partial charge in [0.25, 0.3) is 0 Å². The number of esters is 1. The number of rotatable bonds is 7. The van der Waals surface area contributed by atoms with E-state index in [1.54, 1.807) is 13.8 Å². The van der Waals surface area contributed by atoms with E-state index in [4.69, 9.17) is 4.74 Å². The van der Waals surface area contributed by atoms with Crippen LogP contribution in [0.5, 0.6) is 0 Å². The number of carbonyl (C=O) groups excluding carboxylic acids is 3. The lowest BCUT2D eigenvalue weighted by Gasteiger charge is -2.15. The number of amides is 2. The van der Waals surface area contributed by atoms with Crippen LogP contribution in [0.4, 0.5) is 10.1 Å². The summed E-state index contributed by atoms with van der Waals surface area (Å²) in [6.45, 7) is 9.26. The standard InChI is InChI=1S/C20H26N4O4S3/c1-6-28-16(26)13-11-8-7-9-12(11)30-15(13)21-14(25)10(2)29-19-24-23-18(31-19)22-17(27)20(3,4)5/h10H,6-9H2,1-5H3,(H,21,25)(H,22,23,27)/t10-/m1/s1. The predicted molar refractivity (Wildman–Crippen MR) is 124 cm³/mol. The van der Waals surface area contributed by atoms with Crippen LogP contribution in [0.2, 0.25) is 0 Å². The van der Waals surface area contributed by atoms with Crippen molar-refractivity contribution in [2.45, 2.75) is 63.5 Å². The highest BCUT2D eigenvalue weighted by Crippen LogP contribution is 2.40. The highest BCUT2D eigenvalue weighted by molar-refractivity contribution is 8.02. The quantitative estimate of drug-likeness (QED) is 0.342. The van der Waals surface area contributed by atoms with Gasteiger partial charge in [0.15, 0.2) is 4.34 Å². The molecule has 2 heterocycles. The molecular formula is C20H26N4O4S3. The lowest BCUT2D eigenvalue weighted by atomic mass is 9.96. The molecule has 11 heteroatoms. The average molecular weight is 483 g/mol. The van der Waals surface area contributed by atoms with E-state index in [1.807, 2.05) is 20.8 Å². The molecular weight excluding hydrogens is 456 g/mol. The molecule has 0 spiro atoms. The summed E-state index contributed by atoms with van der Waals surface area (Å²) in [4.78, 5) is 38.5. The first-order valence-electron chi connectivity index (χ1n) is 10.0. The van der Waals surface area contributed by atoms with Gasteiger partial charge < -0.3 is 15.4 Å². The van der Waals surface area contributed by atoms with Crippen molar-refractivity contribution in [2.24, 2.45) is 5.41 Å². The van der Waals surface area contributed by atoms with Gasteiger partial charge in [-0.25, -0.2) is 4.79 Å². The molecule has 0 radical (unpaired) electrons. The Morgan fingerprint density at radius 1 is 1.16 bits per heavy atom. The number of hydrogen-bond acceptors (Lipinski definition) is 9. The molecule has 2 aromatic heterocycles. The van der Waals surface area contributed by atoms with E-state index < -0.39 is 10.7 Å². The average Bonchev–Trinajstić information content (AvgIpc) is 3.37. The SMILES string of the molecule is CCOC(=O)c1c(NC(=O)[C@@H](C)Sc2nnc(NC(=O)C(C)(C)C)s2)sc2c1CCC2.